The molecule has 0 bridgehead atoms. The predicted octanol–water partition coefficient (Wildman–Crippen LogP) is 3.36. The quantitative estimate of drug-likeness (QED) is 0.524. The Balaban J connectivity index is 1.41. The van der Waals surface area contributed by atoms with Crippen molar-refractivity contribution >= 4 is 23.3 Å². The van der Waals surface area contributed by atoms with E-state index in [4.69, 9.17) is 0 Å². The van der Waals surface area contributed by atoms with Crippen molar-refractivity contribution in [3.8, 4) is 11.3 Å². The molecule has 0 unspecified atom stereocenters. The number of pyridine rings is 2. The van der Waals surface area contributed by atoms with E-state index in [0.29, 0.717) is 6.54 Å². The van der Waals surface area contributed by atoms with Gasteiger partial charge in [-0.2, -0.15) is 0 Å². The van der Waals surface area contributed by atoms with Crippen molar-refractivity contribution in [3.05, 3.63) is 71.1 Å². The lowest BCUT2D eigenvalue weighted by atomic mass is 10.2. The second kappa shape index (κ2) is 8.84. The van der Waals surface area contributed by atoms with Crippen LogP contribution in [0.15, 0.2) is 60.5 Å². The van der Waals surface area contributed by atoms with Gasteiger partial charge >= 0.3 is 0 Å². The van der Waals surface area contributed by atoms with Crippen LogP contribution in [0.3, 0.4) is 0 Å². The molecule has 0 aliphatic heterocycles. The van der Waals surface area contributed by atoms with Gasteiger partial charge in [-0.1, -0.05) is 6.07 Å². The fourth-order valence-corrected chi connectivity index (χ4v) is 3.09. The molecule has 25 heavy (non-hydrogen) atoms. The maximum absolute atomic E-state index is 11.8. The minimum absolute atomic E-state index is 0.0968. The molecule has 0 saturated heterocycles. The number of aryl methyl sites for hydroxylation is 1. The van der Waals surface area contributed by atoms with Crippen molar-refractivity contribution in [2.75, 3.05) is 6.54 Å². The van der Waals surface area contributed by atoms with Gasteiger partial charge in [0.15, 0.2) is 0 Å². The highest BCUT2D eigenvalue weighted by atomic mass is 32.1. The van der Waals surface area contributed by atoms with Crippen LogP contribution in [0.5, 0.6) is 0 Å². The number of rotatable bonds is 7. The zero-order chi connectivity index (χ0) is 17.3. The molecule has 0 aliphatic carbocycles. The van der Waals surface area contributed by atoms with Gasteiger partial charge in [-0.3, -0.25) is 14.8 Å². The lowest BCUT2D eigenvalue weighted by molar-refractivity contribution is -0.116. The number of carbonyl (C=O) groups is 1. The van der Waals surface area contributed by atoms with E-state index in [0.717, 1.165) is 34.7 Å². The van der Waals surface area contributed by atoms with Crippen LogP contribution in [-0.2, 0) is 11.2 Å². The van der Waals surface area contributed by atoms with Gasteiger partial charge in [-0.25, -0.2) is 4.98 Å². The average molecular weight is 350 g/mol. The molecule has 0 fully saturated rings. The third kappa shape index (κ3) is 5.32. The Kier molecular flexibility index (Phi) is 6.01. The minimum atomic E-state index is -0.0968. The molecule has 0 atom stereocenters. The molecule has 1 amide bonds. The van der Waals surface area contributed by atoms with Crippen molar-refractivity contribution in [1.82, 2.24) is 20.3 Å². The standard InChI is InChI=1S/C19H18N4OS/c24-18(6-5-15-3-1-9-21-13-15)22-10-2-4-19-23-17(14-25-19)16-7-11-20-12-8-16/h1,3,5-9,11-14H,2,4,10H2,(H,22,24). The highest BCUT2D eigenvalue weighted by molar-refractivity contribution is 7.09. The van der Waals surface area contributed by atoms with Crippen LogP contribution in [0.25, 0.3) is 17.3 Å². The summed E-state index contributed by atoms with van der Waals surface area (Å²) < 4.78 is 0. The summed E-state index contributed by atoms with van der Waals surface area (Å²) in [6.07, 6.45) is 11.9. The topological polar surface area (TPSA) is 67.8 Å². The van der Waals surface area contributed by atoms with Crippen molar-refractivity contribution in [2.24, 2.45) is 0 Å². The summed E-state index contributed by atoms with van der Waals surface area (Å²) in [5.74, 6) is -0.0968. The largest absolute Gasteiger partial charge is 0.353 e. The van der Waals surface area contributed by atoms with Gasteiger partial charge in [0.25, 0.3) is 0 Å². The fourth-order valence-electron chi connectivity index (χ4n) is 2.24. The number of amides is 1. The first-order chi connectivity index (χ1) is 12.3. The van der Waals surface area contributed by atoms with Gasteiger partial charge in [0.2, 0.25) is 5.91 Å². The molecule has 5 nitrogen and oxygen atoms in total. The molecule has 126 valence electrons. The predicted molar refractivity (Wildman–Crippen MR) is 99.9 cm³/mol. The lowest BCUT2D eigenvalue weighted by Crippen LogP contribution is -2.22. The smallest absolute Gasteiger partial charge is 0.244 e. The van der Waals surface area contributed by atoms with Crippen LogP contribution in [0, 0.1) is 0 Å². The van der Waals surface area contributed by atoms with Crippen molar-refractivity contribution in [2.45, 2.75) is 12.8 Å². The van der Waals surface area contributed by atoms with Crippen LogP contribution in [0.2, 0.25) is 0 Å². The second-order valence-electron chi connectivity index (χ2n) is 5.38. The van der Waals surface area contributed by atoms with Gasteiger partial charge in [-0.15, -0.1) is 11.3 Å². The Morgan fingerprint density at radius 3 is 2.84 bits per heavy atom. The van der Waals surface area contributed by atoms with E-state index in [1.54, 1.807) is 42.2 Å². The first-order valence-corrected chi connectivity index (χ1v) is 8.90. The fraction of sp³-hybridized carbons (Fsp3) is 0.158. The summed E-state index contributed by atoms with van der Waals surface area (Å²) in [6.45, 7) is 0.625. The Hall–Kier alpha value is -2.86. The van der Waals surface area contributed by atoms with E-state index in [-0.39, 0.29) is 5.91 Å². The zero-order valence-electron chi connectivity index (χ0n) is 13.6. The van der Waals surface area contributed by atoms with Gasteiger partial charge in [0.1, 0.15) is 0 Å². The number of carbonyl (C=O) groups excluding carboxylic acids is 1. The van der Waals surface area contributed by atoms with Gasteiger partial charge in [0, 0.05) is 54.8 Å². The van der Waals surface area contributed by atoms with E-state index in [9.17, 15) is 4.79 Å². The van der Waals surface area contributed by atoms with E-state index in [1.165, 1.54) is 6.08 Å². The van der Waals surface area contributed by atoms with E-state index in [1.807, 2.05) is 24.3 Å². The summed E-state index contributed by atoms with van der Waals surface area (Å²) in [5, 5.41) is 6.02. The number of hydrogen-bond donors (Lipinski definition) is 1. The Bertz CT molecular complexity index is 831. The second-order valence-corrected chi connectivity index (χ2v) is 6.32. The molecule has 0 saturated carbocycles. The Labute approximate surface area is 150 Å². The van der Waals surface area contributed by atoms with Crippen LogP contribution >= 0.6 is 11.3 Å². The van der Waals surface area contributed by atoms with Gasteiger partial charge in [-0.05, 0) is 36.3 Å². The van der Waals surface area contributed by atoms with Crippen molar-refractivity contribution < 1.29 is 4.79 Å². The summed E-state index contributed by atoms with van der Waals surface area (Å²) >= 11 is 1.65. The van der Waals surface area contributed by atoms with Crippen LogP contribution in [0.1, 0.15) is 17.0 Å². The summed E-state index contributed by atoms with van der Waals surface area (Å²) in [5.41, 5.74) is 2.96. The normalized spacial score (nSPS) is 10.9. The van der Waals surface area contributed by atoms with Gasteiger partial charge < -0.3 is 5.32 Å². The van der Waals surface area contributed by atoms with Crippen LogP contribution in [0.4, 0.5) is 0 Å². The maximum Gasteiger partial charge on any atom is 0.244 e. The van der Waals surface area contributed by atoms with Crippen LogP contribution in [-0.4, -0.2) is 27.4 Å². The first-order valence-electron chi connectivity index (χ1n) is 8.02. The van der Waals surface area contributed by atoms with E-state index in [2.05, 4.69) is 25.6 Å². The molecule has 0 radical (unpaired) electrons. The number of hydrogen-bond acceptors (Lipinski definition) is 5. The van der Waals surface area contributed by atoms with Crippen molar-refractivity contribution in [3.63, 3.8) is 0 Å². The average Bonchev–Trinajstić information content (AvgIpc) is 3.14. The van der Waals surface area contributed by atoms with E-state index < -0.39 is 0 Å². The molecule has 6 heteroatoms. The van der Waals surface area contributed by atoms with Gasteiger partial charge in [0.05, 0.1) is 10.7 Å². The Morgan fingerprint density at radius 2 is 2.04 bits per heavy atom. The van der Waals surface area contributed by atoms with Crippen LogP contribution < -0.4 is 5.32 Å². The molecule has 3 aromatic heterocycles. The molecule has 0 aromatic carbocycles. The minimum Gasteiger partial charge on any atom is -0.353 e. The maximum atomic E-state index is 11.8. The molecule has 3 heterocycles. The highest BCUT2D eigenvalue weighted by Gasteiger charge is 2.04. The third-order valence-electron chi connectivity index (χ3n) is 3.51. The molecule has 1 N–H and O–H groups in total. The monoisotopic (exact) mass is 350 g/mol. The number of nitrogens with one attached hydrogen (secondary N) is 1. The first kappa shape index (κ1) is 17.0. The lowest BCUT2D eigenvalue weighted by Gasteiger charge is -2.00. The van der Waals surface area contributed by atoms with E-state index >= 15 is 0 Å². The highest BCUT2D eigenvalue weighted by Crippen LogP contribution is 2.21. The summed E-state index contributed by atoms with van der Waals surface area (Å²) in [4.78, 5) is 24.4. The number of thiazole rings is 1. The SMILES string of the molecule is O=C(C=Cc1cccnc1)NCCCc1nc(-c2ccncc2)cs1. The molecular weight excluding hydrogens is 332 g/mol. The zero-order valence-corrected chi connectivity index (χ0v) is 14.4. The molecule has 0 aliphatic rings. The molecule has 0 spiro atoms. The summed E-state index contributed by atoms with van der Waals surface area (Å²) in [6, 6.07) is 7.65. The molecule has 3 aromatic rings. The Morgan fingerprint density at radius 1 is 1.16 bits per heavy atom. The van der Waals surface area contributed by atoms with Crippen molar-refractivity contribution in [1.29, 1.82) is 0 Å². The molecule has 3 rings (SSSR count). The third-order valence-corrected chi connectivity index (χ3v) is 4.41. The summed E-state index contributed by atoms with van der Waals surface area (Å²) in [7, 11) is 0. The molecular formula is C19H18N4OS. The number of nitrogens with zero attached hydrogens (tertiary/aromatic N) is 3. The number of aromatic nitrogens is 3.